The number of aromatic hydroxyl groups is 2. The van der Waals surface area contributed by atoms with Gasteiger partial charge in [-0.15, -0.1) is 0 Å². The Morgan fingerprint density at radius 3 is 2.22 bits per heavy atom. The summed E-state index contributed by atoms with van der Waals surface area (Å²) in [7, 11) is 0. The molecule has 0 amide bonds. The molecule has 2 N–H and O–H groups in total. The molecule has 0 aliphatic carbocycles. The molecule has 3 aromatic rings. The number of Topliss-reactive ketones (excluding diaryl/α,β-unsaturated/α-hetero) is 1. The number of hydrogen-bond acceptors (Lipinski definition) is 5. The van der Waals surface area contributed by atoms with E-state index in [1.54, 1.807) is 36.4 Å². The Morgan fingerprint density at radius 1 is 0.963 bits per heavy atom. The van der Waals surface area contributed by atoms with Crippen molar-refractivity contribution in [1.29, 1.82) is 0 Å². The number of fused-ring (bicyclic) bond motifs is 1. The minimum absolute atomic E-state index is 0.147. The molecule has 5 nitrogen and oxygen atoms in total. The first-order valence-corrected chi connectivity index (χ1v) is 8.62. The molecule has 0 saturated carbocycles. The lowest BCUT2D eigenvalue weighted by Gasteiger charge is -2.10. The van der Waals surface area contributed by atoms with E-state index in [4.69, 9.17) is 4.74 Å². The fraction of sp³-hybridized carbons (Fsp3) is 0.182. The summed E-state index contributed by atoms with van der Waals surface area (Å²) in [6.07, 6.45) is 0. The predicted molar refractivity (Wildman–Crippen MR) is 102 cm³/mol. The first-order valence-electron chi connectivity index (χ1n) is 8.62. The van der Waals surface area contributed by atoms with Gasteiger partial charge in [0.15, 0.2) is 12.4 Å². The quantitative estimate of drug-likeness (QED) is 0.398. The summed E-state index contributed by atoms with van der Waals surface area (Å²) in [5.74, 6) is -1.30. The number of carbonyl (C=O) groups is 2. The summed E-state index contributed by atoms with van der Waals surface area (Å²) >= 11 is 0. The van der Waals surface area contributed by atoms with Gasteiger partial charge < -0.3 is 14.9 Å². The van der Waals surface area contributed by atoms with Crippen molar-refractivity contribution in [2.75, 3.05) is 6.61 Å². The maximum absolute atomic E-state index is 12.3. The smallest absolute Gasteiger partial charge is 0.342 e. The van der Waals surface area contributed by atoms with Crippen LogP contribution in [0.2, 0.25) is 0 Å². The van der Waals surface area contributed by atoms with Gasteiger partial charge in [-0.25, -0.2) is 4.79 Å². The van der Waals surface area contributed by atoms with E-state index in [0.717, 1.165) is 11.6 Å². The average molecular weight is 364 g/mol. The number of esters is 1. The molecule has 0 atom stereocenters. The molecule has 138 valence electrons. The maximum Gasteiger partial charge on any atom is 0.342 e. The van der Waals surface area contributed by atoms with Gasteiger partial charge in [-0.05, 0) is 17.5 Å². The van der Waals surface area contributed by atoms with E-state index in [1.807, 2.05) is 12.1 Å². The zero-order valence-electron chi connectivity index (χ0n) is 15.1. The van der Waals surface area contributed by atoms with E-state index in [-0.39, 0.29) is 22.8 Å². The summed E-state index contributed by atoms with van der Waals surface area (Å²) < 4.78 is 5.05. The Bertz CT molecular complexity index is 1000. The van der Waals surface area contributed by atoms with Crippen LogP contribution >= 0.6 is 0 Å². The molecule has 0 aliphatic heterocycles. The molecule has 3 aromatic carbocycles. The maximum atomic E-state index is 12.3. The zero-order chi connectivity index (χ0) is 19.6. The molecule has 27 heavy (non-hydrogen) atoms. The first-order chi connectivity index (χ1) is 12.9. The van der Waals surface area contributed by atoms with Crippen LogP contribution < -0.4 is 0 Å². The molecule has 0 unspecified atom stereocenters. The highest BCUT2D eigenvalue weighted by Crippen LogP contribution is 2.35. The molecule has 0 fully saturated rings. The molecule has 0 heterocycles. The third-order valence-corrected chi connectivity index (χ3v) is 4.45. The molecule has 0 bridgehead atoms. The number of phenols is 2. The van der Waals surface area contributed by atoms with Crippen molar-refractivity contribution in [2.24, 2.45) is 0 Å². The SMILES string of the molecule is CC(C)c1ccc(C(=O)COC(=O)c2cc(O)c3ccccc3c2O)cc1. The predicted octanol–water partition coefficient (Wildman–Crippen LogP) is 4.41. The Kier molecular flexibility index (Phi) is 5.12. The van der Waals surface area contributed by atoms with E-state index in [0.29, 0.717) is 22.3 Å². The second-order valence-corrected chi connectivity index (χ2v) is 6.61. The normalized spacial score (nSPS) is 10.9. The molecular formula is C22H20O5. The fourth-order valence-corrected chi connectivity index (χ4v) is 2.84. The van der Waals surface area contributed by atoms with Gasteiger partial charge in [0.05, 0.1) is 0 Å². The van der Waals surface area contributed by atoms with Gasteiger partial charge in [0.25, 0.3) is 0 Å². The molecule has 0 aliphatic rings. The number of benzene rings is 3. The highest BCUT2D eigenvalue weighted by atomic mass is 16.5. The summed E-state index contributed by atoms with van der Waals surface area (Å²) in [6, 6.07) is 14.9. The molecule has 0 spiro atoms. The van der Waals surface area contributed by atoms with E-state index in [1.165, 1.54) is 0 Å². The van der Waals surface area contributed by atoms with Crippen molar-refractivity contribution >= 4 is 22.5 Å². The van der Waals surface area contributed by atoms with Gasteiger partial charge in [-0.3, -0.25) is 4.79 Å². The molecule has 0 radical (unpaired) electrons. The second-order valence-electron chi connectivity index (χ2n) is 6.61. The lowest BCUT2D eigenvalue weighted by atomic mass is 10.0. The zero-order valence-corrected chi connectivity index (χ0v) is 15.1. The second kappa shape index (κ2) is 7.50. The average Bonchev–Trinajstić information content (AvgIpc) is 2.68. The van der Waals surface area contributed by atoms with E-state index < -0.39 is 12.6 Å². The van der Waals surface area contributed by atoms with Crippen LogP contribution in [0.15, 0.2) is 54.6 Å². The van der Waals surface area contributed by atoms with E-state index in [2.05, 4.69) is 13.8 Å². The van der Waals surface area contributed by atoms with Crippen molar-refractivity contribution in [3.8, 4) is 11.5 Å². The summed E-state index contributed by atoms with van der Waals surface area (Å²) in [6.45, 7) is 3.67. The highest BCUT2D eigenvalue weighted by molar-refractivity contribution is 6.05. The van der Waals surface area contributed by atoms with Crippen LogP contribution in [0.3, 0.4) is 0 Å². The lowest BCUT2D eigenvalue weighted by Crippen LogP contribution is -2.14. The van der Waals surface area contributed by atoms with Crippen LogP contribution in [0, 0.1) is 0 Å². The van der Waals surface area contributed by atoms with Gasteiger partial charge in [0, 0.05) is 16.3 Å². The van der Waals surface area contributed by atoms with Gasteiger partial charge in [0.1, 0.15) is 17.1 Å². The first kappa shape index (κ1) is 18.5. The number of hydrogen-bond donors (Lipinski definition) is 2. The largest absolute Gasteiger partial charge is 0.507 e. The number of carbonyl (C=O) groups excluding carboxylic acids is 2. The minimum atomic E-state index is -0.874. The van der Waals surface area contributed by atoms with Crippen molar-refractivity contribution in [3.63, 3.8) is 0 Å². The summed E-state index contributed by atoms with van der Waals surface area (Å²) in [5.41, 5.74) is 1.37. The number of phenolic OH excluding ortho intramolecular Hbond substituents is 2. The Morgan fingerprint density at radius 2 is 1.59 bits per heavy atom. The summed E-state index contributed by atoms with van der Waals surface area (Å²) in [5, 5.41) is 21.1. The van der Waals surface area contributed by atoms with Crippen LogP contribution in [0.4, 0.5) is 0 Å². The number of ketones is 1. The highest BCUT2D eigenvalue weighted by Gasteiger charge is 2.19. The third kappa shape index (κ3) is 3.77. The van der Waals surface area contributed by atoms with Crippen LogP contribution in [-0.2, 0) is 4.74 Å². The van der Waals surface area contributed by atoms with E-state index >= 15 is 0 Å². The Labute approximate surface area is 156 Å². The van der Waals surface area contributed by atoms with Gasteiger partial charge in [0.2, 0.25) is 0 Å². The Balaban J connectivity index is 1.75. The minimum Gasteiger partial charge on any atom is -0.507 e. The van der Waals surface area contributed by atoms with Gasteiger partial charge in [-0.2, -0.15) is 0 Å². The van der Waals surface area contributed by atoms with Crippen molar-refractivity contribution in [3.05, 3.63) is 71.3 Å². The monoisotopic (exact) mass is 364 g/mol. The van der Waals surface area contributed by atoms with E-state index in [9.17, 15) is 19.8 Å². The van der Waals surface area contributed by atoms with Crippen molar-refractivity contribution < 1.29 is 24.5 Å². The van der Waals surface area contributed by atoms with Crippen molar-refractivity contribution in [2.45, 2.75) is 19.8 Å². The van der Waals surface area contributed by atoms with Crippen LogP contribution in [0.5, 0.6) is 11.5 Å². The third-order valence-electron chi connectivity index (χ3n) is 4.45. The van der Waals surface area contributed by atoms with Crippen molar-refractivity contribution in [1.82, 2.24) is 0 Å². The fourth-order valence-electron chi connectivity index (χ4n) is 2.84. The standard InChI is InChI=1S/C22H20O5/c1-13(2)14-7-9-15(10-8-14)20(24)12-27-22(26)18-11-19(23)16-5-3-4-6-17(16)21(18)25/h3-11,13,23,25H,12H2,1-2H3. The summed E-state index contributed by atoms with van der Waals surface area (Å²) in [4.78, 5) is 24.5. The van der Waals surface area contributed by atoms with Gasteiger partial charge in [-0.1, -0.05) is 62.4 Å². The Hall–Kier alpha value is -3.34. The number of ether oxygens (including phenoxy) is 1. The lowest BCUT2D eigenvalue weighted by molar-refractivity contribution is 0.0472. The molecule has 0 saturated heterocycles. The van der Waals surface area contributed by atoms with Crippen LogP contribution in [-0.4, -0.2) is 28.6 Å². The number of rotatable bonds is 5. The van der Waals surface area contributed by atoms with Gasteiger partial charge >= 0.3 is 5.97 Å². The molecule has 3 rings (SSSR count). The van der Waals surface area contributed by atoms with Crippen LogP contribution in [0.25, 0.3) is 10.8 Å². The topological polar surface area (TPSA) is 83.8 Å². The molecular weight excluding hydrogens is 344 g/mol. The van der Waals surface area contributed by atoms with Crippen LogP contribution in [0.1, 0.15) is 46.0 Å². The molecule has 0 aromatic heterocycles. The molecule has 5 heteroatoms.